The summed E-state index contributed by atoms with van der Waals surface area (Å²) in [5.41, 5.74) is 2.62. The summed E-state index contributed by atoms with van der Waals surface area (Å²) in [4.78, 5) is 36.9. The van der Waals surface area contributed by atoms with Crippen molar-refractivity contribution in [1.82, 2.24) is 24.7 Å². The van der Waals surface area contributed by atoms with Crippen LogP contribution in [0, 0.1) is 0 Å². The van der Waals surface area contributed by atoms with Crippen LogP contribution in [0.5, 0.6) is 0 Å². The molecule has 3 aromatic heterocycles. The summed E-state index contributed by atoms with van der Waals surface area (Å²) >= 11 is 2.88. The molecular weight excluding hydrogens is 394 g/mol. The average Bonchev–Trinajstić information content (AvgIpc) is 3.32. The summed E-state index contributed by atoms with van der Waals surface area (Å²) in [6.45, 7) is 0.608. The quantitative estimate of drug-likeness (QED) is 0.433. The molecule has 0 aliphatic heterocycles. The SMILES string of the molecule is O=C(CSCc1cc(=O)n2ccsc2n1)NCCCc1nc2ccccc2[nH]1. The van der Waals surface area contributed by atoms with Gasteiger partial charge in [-0.2, -0.15) is 0 Å². The lowest BCUT2D eigenvalue weighted by Gasteiger charge is -2.04. The minimum Gasteiger partial charge on any atom is -0.355 e. The van der Waals surface area contributed by atoms with Gasteiger partial charge in [0, 0.05) is 36.4 Å². The van der Waals surface area contributed by atoms with E-state index in [1.165, 1.54) is 33.6 Å². The maximum absolute atomic E-state index is 12.0. The number of amides is 1. The van der Waals surface area contributed by atoms with E-state index in [1.807, 2.05) is 29.6 Å². The highest BCUT2D eigenvalue weighted by molar-refractivity contribution is 7.99. The lowest BCUT2D eigenvalue weighted by molar-refractivity contribution is -0.118. The average molecular weight is 414 g/mol. The summed E-state index contributed by atoms with van der Waals surface area (Å²) in [6.07, 6.45) is 3.32. The van der Waals surface area contributed by atoms with Crippen LogP contribution < -0.4 is 10.9 Å². The van der Waals surface area contributed by atoms with Gasteiger partial charge in [0.1, 0.15) is 5.82 Å². The highest BCUT2D eigenvalue weighted by Crippen LogP contribution is 2.13. The van der Waals surface area contributed by atoms with Crippen molar-refractivity contribution in [2.75, 3.05) is 12.3 Å². The molecule has 9 heteroatoms. The van der Waals surface area contributed by atoms with Gasteiger partial charge in [-0.3, -0.25) is 14.0 Å². The first kappa shape index (κ1) is 18.7. The van der Waals surface area contributed by atoms with Crippen LogP contribution >= 0.6 is 23.1 Å². The Morgan fingerprint density at radius 3 is 3.07 bits per heavy atom. The maximum atomic E-state index is 12.0. The smallest absolute Gasteiger partial charge is 0.258 e. The first-order chi connectivity index (χ1) is 13.7. The number of aryl methyl sites for hydroxylation is 1. The molecule has 0 unspecified atom stereocenters. The normalized spacial score (nSPS) is 11.3. The molecule has 0 saturated heterocycles. The Morgan fingerprint density at radius 2 is 2.18 bits per heavy atom. The van der Waals surface area contributed by atoms with Crippen LogP contribution in [-0.4, -0.2) is 37.6 Å². The molecule has 0 aliphatic carbocycles. The van der Waals surface area contributed by atoms with Gasteiger partial charge in [-0.05, 0) is 18.6 Å². The number of rotatable bonds is 8. The summed E-state index contributed by atoms with van der Waals surface area (Å²) in [6, 6.07) is 9.46. The lowest BCUT2D eigenvalue weighted by atomic mass is 10.3. The van der Waals surface area contributed by atoms with E-state index in [9.17, 15) is 9.59 Å². The minimum absolute atomic E-state index is 0.0106. The largest absolute Gasteiger partial charge is 0.355 e. The third-order valence-corrected chi connectivity index (χ3v) is 5.91. The van der Waals surface area contributed by atoms with Crippen molar-refractivity contribution in [3.05, 3.63) is 63.8 Å². The first-order valence-electron chi connectivity index (χ1n) is 8.93. The summed E-state index contributed by atoms with van der Waals surface area (Å²) in [5, 5.41) is 4.76. The number of aromatic amines is 1. The molecule has 1 aromatic carbocycles. The van der Waals surface area contributed by atoms with E-state index >= 15 is 0 Å². The molecule has 7 nitrogen and oxygen atoms in total. The standard InChI is InChI=1S/C19H19N5O2S2/c25-17(12-27-11-13-10-18(26)24-8-9-28-19(24)21-13)20-7-3-6-16-22-14-4-1-2-5-15(14)23-16/h1-2,4-5,8-10H,3,6-7,11-12H2,(H,20,25)(H,22,23). The molecule has 0 atom stereocenters. The lowest BCUT2D eigenvalue weighted by Crippen LogP contribution is -2.26. The zero-order valence-corrected chi connectivity index (χ0v) is 16.7. The van der Waals surface area contributed by atoms with E-state index in [2.05, 4.69) is 20.3 Å². The molecule has 0 radical (unpaired) electrons. The van der Waals surface area contributed by atoms with Gasteiger partial charge >= 0.3 is 0 Å². The van der Waals surface area contributed by atoms with Gasteiger partial charge in [-0.25, -0.2) is 9.97 Å². The molecule has 0 bridgehead atoms. The second kappa shape index (κ2) is 8.57. The molecular formula is C19H19N5O2S2. The van der Waals surface area contributed by atoms with E-state index in [0.29, 0.717) is 28.7 Å². The number of nitrogens with zero attached hydrogens (tertiary/aromatic N) is 3. The molecule has 0 spiro atoms. The third-order valence-electron chi connectivity index (χ3n) is 4.19. The van der Waals surface area contributed by atoms with Gasteiger partial charge in [0.15, 0.2) is 4.96 Å². The van der Waals surface area contributed by atoms with Crippen molar-refractivity contribution in [1.29, 1.82) is 0 Å². The molecule has 28 heavy (non-hydrogen) atoms. The number of para-hydroxylation sites is 2. The Bertz CT molecular complexity index is 1130. The second-order valence-electron chi connectivity index (χ2n) is 6.29. The number of aromatic nitrogens is 4. The Balaban J connectivity index is 1.17. The van der Waals surface area contributed by atoms with Gasteiger partial charge < -0.3 is 10.3 Å². The number of carbonyl (C=O) groups excluding carboxylic acids is 1. The van der Waals surface area contributed by atoms with Crippen molar-refractivity contribution in [2.45, 2.75) is 18.6 Å². The molecule has 4 aromatic rings. The molecule has 0 aliphatic rings. The van der Waals surface area contributed by atoms with Crippen LogP contribution in [0.1, 0.15) is 17.9 Å². The van der Waals surface area contributed by atoms with Gasteiger partial charge in [0.25, 0.3) is 5.56 Å². The van der Waals surface area contributed by atoms with Crippen molar-refractivity contribution in [2.24, 2.45) is 0 Å². The second-order valence-corrected chi connectivity index (χ2v) is 8.15. The number of H-pyrrole nitrogens is 1. The Hall–Kier alpha value is -2.65. The molecule has 1 amide bonds. The van der Waals surface area contributed by atoms with E-state index in [0.717, 1.165) is 29.7 Å². The molecule has 4 rings (SSSR count). The number of hydrogen-bond acceptors (Lipinski definition) is 6. The topological polar surface area (TPSA) is 92.2 Å². The van der Waals surface area contributed by atoms with E-state index < -0.39 is 0 Å². The van der Waals surface area contributed by atoms with Crippen LogP contribution in [0.25, 0.3) is 16.0 Å². The van der Waals surface area contributed by atoms with Crippen LogP contribution in [0.2, 0.25) is 0 Å². The van der Waals surface area contributed by atoms with Crippen molar-refractivity contribution < 1.29 is 4.79 Å². The fraction of sp³-hybridized carbons (Fsp3) is 0.263. The number of fused-ring (bicyclic) bond motifs is 2. The van der Waals surface area contributed by atoms with E-state index in [-0.39, 0.29) is 11.5 Å². The number of hydrogen-bond donors (Lipinski definition) is 2. The molecule has 3 heterocycles. The van der Waals surface area contributed by atoms with Gasteiger partial charge in [0.2, 0.25) is 5.91 Å². The number of carbonyl (C=O) groups is 1. The maximum Gasteiger partial charge on any atom is 0.258 e. The number of nitrogens with one attached hydrogen (secondary N) is 2. The van der Waals surface area contributed by atoms with Crippen molar-refractivity contribution >= 4 is 45.0 Å². The number of benzene rings is 1. The highest BCUT2D eigenvalue weighted by Gasteiger charge is 2.06. The van der Waals surface area contributed by atoms with Gasteiger partial charge in [0.05, 0.1) is 22.5 Å². The fourth-order valence-corrected chi connectivity index (χ4v) is 4.35. The monoisotopic (exact) mass is 413 g/mol. The third kappa shape index (κ3) is 4.42. The number of imidazole rings is 1. The van der Waals surface area contributed by atoms with Crippen LogP contribution in [-0.2, 0) is 17.0 Å². The predicted octanol–water partition coefficient (Wildman–Crippen LogP) is 2.61. The first-order valence-corrected chi connectivity index (χ1v) is 11.0. The van der Waals surface area contributed by atoms with Crippen molar-refractivity contribution in [3.63, 3.8) is 0 Å². The van der Waals surface area contributed by atoms with Gasteiger partial charge in [-0.15, -0.1) is 23.1 Å². The fourth-order valence-electron chi connectivity index (χ4n) is 2.87. The zero-order valence-electron chi connectivity index (χ0n) is 15.1. The zero-order chi connectivity index (χ0) is 19.3. The number of thiazole rings is 1. The van der Waals surface area contributed by atoms with Crippen LogP contribution in [0.4, 0.5) is 0 Å². The van der Waals surface area contributed by atoms with Crippen LogP contribution in [0.3, 0.4) is 0 Å². The summed E-state index contributed by atoms with van der Waals surface area (Å²) in [5.74, 6) is 1.81. The molecule has 0 saturated carbocycles. The van der Waals surface area contributed by atoms with E-state index in [1.54, 1.807) is 6.20 Å². The molecule has 0 fully saturated rings. The van der Waals surface area contributed by atoms with Crippen molar-refractivity contribution in [3.8, 4) is 0 Å². The Labute approximate surface area is 169 Å². The summed E-state index contributed by atoms with van der Waals surface area (Å²) in [7, 11) is 0. The molecule has 2 N–H and O–H groups in total. The Kier molecular flexibility index (Phi) is 5.73. The number of thioether (sulfide) groups is 1. The van der Waals surface area contributed by atoms with Crippen LogP contribution in [0.15, 0.2) is 46.7 Å². The van der Waals surface area contributed by atoms with Gasteiger partial charge in [-0.1, -0.05) is 12.1 Å². The summed E-state index contributed by atoms with van der Waals surface area (Å²) < 4.78 is 1.52. The molecule has 144 valence electrons. The highest BCUT2D eigenvalue weighted by atomic mass is 32.2. The van der Waals surface area contributed by atoms with E-state index in [4.69, 9.17) is 0 Å². The minimum atomic E-state index is -0.0862. The Morgan fingerprint density at radius 1 is 1.29 bits per heavy atom. The predicted molar refractivity (Wildman–Crippen MR) is 113 cm³/mol.